The number of fused-ring (bicyclic) bond motifs is 1. The largest absolute Gasteiger partial charge is 0.487 e. The molecule has 0 bridgehead atoms. The van der Waals surface area contributed by atoms with Crippen molar-refractivity contribution in [2.24, 2.45) is 7.05 Å². The maximum Gasteiger partial charge on any atom is 0.345 e. The van der Waals surface area contributed by atoms with Gasteiger partial charge in [-0.15, -0.1) is 0 Å². The van der Waals surface area contributed by atoms with Gasteiger partial charge in [0.25, 0.3) is 6.33 Å². The summed E-state index contributed by atoms with van der Waals surface area (Å²) in [7, 11) is 1.76. The van der Waals surface area contributed by atoms with Crippen LogP contribution in [0.1, 0.15) is 29.8 Å². The number of hydrogen-bond acceptors (Lipinski definition) is 6. The van der Waals surface area contributed by atoms with Crippen LogP contribution in [-0.2, 0) is 23.2 Å². The summed E-state index contributed by atoms with van der Waals surface area (Å²) in [5.74, 6) is -0.970. The Morgan fingerprint density at radius 1 is 1.27 bits per heavy atom. The van der Waals surface area contributed by atoms with Crippen molar-refractivity contribution < 1.29 is 32.2 Å². The Labute approximate surface area is 214 Å². The second kappa shape index (κ2) is 11.1. The van der Waals surface area contributed by atoms with Gasteiger partial charge in [0.15, 0.2) is 0 Å². The van der Waals surface area contributed by atoms with E-state index in [1.165, 1.54) is 12.4 Å². The molecule has 0 aliphatic carbocycles. The monoisotopic (exact) mass is 535 g/mol. The van der Waals surface area contributed by atoms with Gasteiger partial charge in [-0.25, -0.2) is 9.37 Å². The molecular weight excluding hydrogens is 513 g/mol. The molecule has 0 spiro atoms. The number of carbonyl (C=O) groups excluding carboxylic acids is 1. The number of halogens is 4. The lowest BCUT2D eigenvalue weighted by Gasteiger charge is -2.20. The summed E-state index contributed by atoms with van der Waals surface area (Å²) in [4.78, 5) is 19.8. The molecule has 1 amide bonds. The molecule has 0 aliphatic heterocycles. The molecule has 4 rings (SSSR count). The zero-order valence-corrected chi connectivity index (χ0v) is 20.8. The number of rotatable bonds is 9. The van der Waals surface area contributed by atoms with Crippen molar-refractivity contribution >= 4 is 28.4 Å². The van der Waals surface area contributed by atoms with E-state index < -0.39 is 31.0 Å². The smallest absolute Gasteiger partial charge is 0.345 e. The van der Waals surface area contributed by atoms with Gasteiger partial charge >= 0.3 is 6.61 Å². The van der Waals surface area contributed by atoms with E-state index in [-0.39, 0.29) is 11.6 Å². The highest BCUT2D eigenvalue weighted by molar-refractivity contribution is 6.31. The molecule has 4 aromatic rings. The number of aromatic nitrogens is 5. The predicted octanol–water partition coefficient (Wildman–Crippen LogP) is 3.74. The number of nitrogens with zero attached hydrogens (tertiary/aromatic N) is 5. The van der Waals surface area contributed by atoms with E-state index in [1.54, 1.807) is 35.7 Å². The summed E-state index contributed by atoms with van der Waals surface area (Å²) < 4.78 is 48.8. The molecule has 194 valence electrons. The van der Waals surface area contributed by atoms with E-state index >= 15 is 0 Å². The molecule has 0 aliphatic rings. The highest BCUT2D eigenvalue weighted by Crippen LogP contribution is 2.32. The summed E-state index contributed by atoms with van der Waals surface area (Å²) >= 11 is 6.34. The number of carbonyl (C=O) groups is 1. The van der Waals surface area contributed by atoms with Crippen molar-refractivity contribution in [2.75, 3.05) is 6.61 Å². The van der Waals surface area contributed by atoms with Crippen LogP contribution in [0.25, 0.3) is 16.6 Å². The Hall–Kier alpha value is -3.77. The lowest BCUT2D eigenvalue weighted by Crippen LogP contribution is -2.41. The van der Waals surface area contributed by atoms with Crippen LogP contribution in [0, 0.1) is 12.7 Å². The summed E-state index contributed by atoms with van der Waals surface area (Å²) in [6.45, 7) is -0.595. The normalized spacial score (nSPS) is 12.2. The average molecular weight is 536 g/mol. The first kappa shape index (κ1) is 26.3. The third-order valence-electron chi connectivity index (χ3n) is 5.53. The van der Waals surface area contributed by atoms with E-state index in [0.29, 0.717) is 22.4 Å². The first-order valence-electron chi connectivity index (χ1n) is 11.1. The van der Waals surface area contributed by atoms with E-state index in [4.69, 9.17) is 16.3 Å². The molecule has 9 nitrogen and oxygen atoms in total. The van der Waals surface area contributed by atoms with Gasteiger partial charge in [0.05, 0.1) is 16.2 Å². The zero-order valence-electron chi connectivity index (χ0n) is 20.1. The topological polar surface area (TPSA) is 95.0 Å². The molecule has 1 N–H and O–H groups in total. The van der Waals surface area contributed by atoms with Gasteiger partial charge in [0.2, 0.25) is 5.91 Å². The van der Waals surface area contributed by atoms with E-state index in [9.17, 15) is 18.0 Å². The third-order valence-corrected chi connectivity index (χ3v) is 5.87. The molecule has 2 heterocycles. The molecule has 37 heavy (non-hydrogen) atoms. The second-order valence-corrected chi connectivity index (χ2v) is 8.57. The molecular formula is C24H23ClF3N6O3+. The summed E-state index contributed by atoms with van der Waals surface area (Å²) in [5.41, 5.74) is 2.78. The fraction of sp³-hybridized carbons (Fsp3) is 0.292. The van der Waals surface area contributed by atoms with Gasteiger partial charge < -0.3 is 14.8 Å². The number of benzene rings is 2. The lowest BCUT2D eigenvalue weighted by molar-refractivity contribution is -0.800. The minimum atomic E-state index is -3.08. The summed E-state index contributed by atoms with van der Waals surface area (Å²) in [6.07, 6.45) is 1.43. The van der Waals surface area contributed by atoms with Crippen LogP contribution < -0.4 is 14.9 Å². The van der Waals surface area contributed by atoms with Crippen molar-refractivity contribution in [2.45, 2.75) is 33.1 Å². The summed E-state index contributed by atoms with van der Waals surface area (Å²) in [6, 6.07) is 8.86. The van der Waals surface area contributed by atoms with Crippen molar-refractivity contribution in [3.63, 3.8) is 0 Å². The Morgan fingerprint density at radius 2 is 2.05 bits per heavy atom. The number of para-hydroxylation sites is 1. The number of nitrogens with one attached hydrogen (secondary N) is 1. The first-order chi connectivity index (χ1) is 17.6. The number of ether oxygens (including phenoxy) is 2. The quantitative estimate of drug-likeness (QED) is 0.328. The number of pyridine rings is 1. The highest BCUT2D eigenvalue weighted by Gasteiger charge is 2.21. The van der Waals surface area contributed by atoms with Crippen LogP contribution >= 0.6 is 11.6 Å². The van der Waals surface area contributed by atoms with Crippen LogP contribution in [0.5, 0.6) is 5.75 Å². The van der Waals surface area contributed by atoms with Gasteiger partial charge in [-0.2, -0.15) is 8.78 Å². The third kappa shape index (κ3) is 5.97. The number of hydrogen-bond donors (Lipinski definition) is 1. The van der Waals surface area contributed by atoms with Crippen molar-refractivity contribution in [3.8, 4) is 11.4 Å². The maximum absolute atomic E-state index is 14.2. The van der Waals surface area contributed by atoms with E-state index in [2.05, 4.69) is 25.2 Å². The SMILES string of the molecule is Cc1cc(-n2ncn[n+]2C)c2cccc(OCc3c(Cl)cc(F)cc3[C@H](C)NC(=O)COC(F)F)c2n1. The van der Waals surface area contributed by atoms with Crippen LogP contribution in [0.15, 0.2) is 42.7 Å². The number of aryl methyl sites for hydroxylation is 2. The molecule has 1 atom stereocenters. The molecule has 0 saturated carbocycles. The van der Waals surface area contributed by atoms with Gasteiger partial charge in [-0.05, 0) is 48.8 Å². The van der Waals surface area contributed by atoms with Crippen molar-refractivity contribution in [3.05, 3.63) is 70.4 Å². The van der Waals surface area contributed by atoms with E-state index in [0.717, 1.165) is 22.8 Å². The average Bonchev–Trinajstić information content (AvgIpc) is 3.27. The lowest BCUT2D eigenvalue weighted by atomic mass is 10.0. The summed E-state index contributed by atoms with van der Waals surface area (Å²) in [5, 5.41) is 11.7. The Morgan fingerprint density at radius 3 is 2.76 bits per heavy atom. The van der Waals surface area contributed by atoms with Crippen LogP contribution in [0.4, 0.5) is 13.2 Å². The molecule has 0 saturated heterocycles. The molecule has 0 unspecified atom stereocenters. The maximum atomic E-state index is 14.2. The van der Waals surface area contributed by atoms with Gasteiger partial charge in [-0.1, -0.05) is 28.5 Å². The second-order valence-electron chi connectivity index (χ2n) is 8.17. The molecule has 2 aromatic carbocycles. The van der Waals surface area contributed by atoms with Crippen LogP contribution in [0.2, 0.25) is 5.02 Å². The molecule has 0 radical (unpaired) electrons. The number of alkyl halides is 2. The minimum absolute atomic E-state index is 0.0800. The molecule has 2 aromatic heterocycles. The Kier molecular flexibility index (Phi) is 7.89. The first-order valence-corrected chi connectivity index (χ1v) is 11.5. The number of tetrazole rings is 1. The Balaban J connectivity index is 1.64. The number of amides is 1. The highest BCUT2D eigenvalue weighted by atomic mass is 35.5. The molecule has 13 heteroatoms. The standard InChI is InChI=1S/C24H22ClF3N6O3/c1-13-7-20(34-30-12-29-33(34)3)16-5-4-6-21(23(16)31-13)36-10-18-17(8-15(26)9-19(18)25)14(2)32-22(35)11-37-24(27)28/h4-9,12,14,24H,10-11H2,1-3H3/p+1/t14-/m0/s1. The fourth-order valence-electron chi connectivity index (χ4n) is 3.91. The molecule has 0 fully saturated rings. The zero-order chi connectivity index (χ0) is 26.7. The fourth-order valence-corrected chi connectivity index (χ4v) is 4.18. The van der Waals surface area contributed by atoms with E-state index in [1.807, 2.05) is 19.1 Å². The van der Waals surface area contributed by atoms with Crippen molar-refractivity contribution in [1.82, 2.24) is 25.3 Å². The van der Waals surface area contributed by atoms with Gasteiger partial charge in [-0.3, -0.25) is 4.79 Å². The van der Waals surface area contributed by atoms with Gasteiger partial charge in [0, 0.05) is 21.4 Å². The van der Waals surface area contributed by atoms with Gasteiger partial charge in [0.1, 0.15) is 43.0 Å². The van der Waals surface area contributed by atoms with Crippen molar-refractivity contribution in [1.29, 1.82) is 0 Å². The Bertz CT molecular complexity index is 1450. The van der Waals surface area contributed by atoms with Crippen LogP contribution in [-0.4, -0.2) is 39.1 Å². The van der Waals surface area contributed by atoms with Crippen LogP contribution in [0.3, 0.4) is 0 Å². The minimum Gasteiger partial charge on any atom is -0.487 e. The predicted molar refractivity (Wildman–Crippen MR) is 127 cm³/mol.